The Bertz CT molecular complexity index is 365. The van der Waals surface area contributed by atoms with Crippen molar-refractivity contribution in [3.8, 4) is 0 Å². The van der Waals surface area contributed by atoms with E-state index in [1.165, 1.54) is 6.08 Å². The van der Waals surface area contributed by atoms with Gasteiger partial charge in [-0.3, -0.25) is 5.32 Å². The van der Waals surface area contributed by atoms with Crippen molar-refractivity contribution < 1.29 is 9.53 Å². The molecule has 1 N–H and O–H groups in total. The van der Waals surface area contributed by atoms with E-state index in [-0.39, 0.29) is 10.7 Å². The Morgan fingerprint density at radius 3 is 2.24 bits per heavy atom. The van der Waals surface area contributed by atoms with Crippen LogP contribution in [0, 0.1) is 0 Å². The van der Waals surface area contributed by atoms with Crippen molar-refractivity contribution in [2.75, 3.05) is 0 Å². The molecule has 0 aliphatic heterocycles. The minimum absolute atomic E-state index is 0.249. The molecule has 0 bridgehead atoms. The summed E-state index contributed by atoms with van der Waals surface area (Å²) in [5, 5.41) is 3.06. The first-order valence-corrected chi connectivity index (χ1v) is 5.81. The van der Waals surface area contributed by atoms with Gasteiger partial charge in [0.25, 0.3) is 0 Å². The molecule has 0 unspecified atom stereocenters. The van der Waals surface area contributed by atoms with E-state index in [4.69, 9.17) is 27.9 Å². The third-order valence-corrected chi connectivity index (χ3v) is 2.29. The van der Waals surface area contributed by atoms with Gasteiger partial charge in [-0.25, -0.2) is 4.79 Å². The number of ether oxygens (including phenoxy) is 1. The zero-order valence-corrected chi connectivity index (χ0v) is 11.9. The number of halogens is 2. The molecule has 0 spiro atoms. The molecule has 0 aromatic heterocycles. The minimum atomic E-state index is -0.618. The number of hydrogen-bond donors (Lipinski definition) is 1. The highest BCUT2D eigenvalue weighted by Gasteiger charge is 2.18. The lowest BCUT2D eigenvalue weighted by Gasteiger charge is -2.20. The van der Waals surface area contributed by atoms with Crippen LogP contribution in [0.15, 0.2) is 34.5 Å². The Morgan fingerprint density at radius 2 is 1.88 bits per heavy atom. The predicted octanol–water partition coefficient (Wildman–Crippen LogP) is 4.29. The fraction of sp³-hybridized carbons (Fsp3) is 0.417. The van der Waals surface area contributed by atoms with Gasteiger partial charge in [-0.05, 0) is 33.8 Å². The van der Waals surface area contributed by atoms with Crippen molar-refractivity contribution in [2.24, 2.45) is 0 Å². The molecule has 0 aliphatic rings. The standard InChI is InChI=1S/C12H17Cl2NO2/c1-6-8(13)10(9(14)7-2)15-11(16)17-12(3,4)5/h6-7H,1H2,2-5H3,(H,15,16)/b9-7+,10-8-. The first kappa shape index (κ1) is 16.1. The van der Waals surface area contributed by atoms with Crippen LogP contribution in [0.5, 0.6) is 0 Å². The van der Waals surface area contributed by atoms with Gasteiger partial charge in [0.2, 0.25) is 0 Å². The van der Waals surface area contributed by atoms with Crippen molar-refractivity contribution in [1.29, 1.82) is 0 Å². The second-order valence-corrected chi connectivity index (χ2v) is 5.00. The molecule has 0 aliphatic carbocycles. The van der Waals surface area contributed by atoms with Crippen LogP contribution >= 0.6 is 23.2 Å². The smallest absolute Gasteiger partial charge is 0.412 e. The normalized spacial score (nSPS) is 13.9. The maximum atomic E-state index is 11.6. The van der Waals surface area contributed by atoms with Gasteiger partial charge in [-0.1, -0.05) is 35.9 Å². The van der Waals surface area contributed by atoms with Crippen LogP contribution in [0.1, 0.15) is 27.7 Å². The molecule has 3 nitrogen and oxygen atoms in total. The van der Waals surface area contributed by atoms with Crippen molar-refractivity contribution in [1.82, 2.24) is 5.32 Å². The van der Waals surface area contributed by atoms with Crippen LogP contribution in [-0.2, 0) is 4.74 Å². The molecule has 0 heterocycles. The molecule has 0 aromatic rings. The van der Waals surface area contributed by atoms with E-state index in [9.17, 15) is 4.79 Å². The molecule has 96 valence electrons. The highest BCUT2D eigenvalue weighted by molar-refractivity contribution is 6.36. The first-order chi connectivity index (χ1) is 7.71. The largest absolute Gasteiger partial charge is 0.444 e. The number of hydrogen-bond acceptors (Lipinski definition) is 2. The van der Waals surface area contributed by atoms with Crippen molar-refractivity contribution >= 4 is 29.3 Å². The molecule has 0 saturated heterocycles. The summed E-state index contributed by atoms with van der Waals surface area (Å²) in [7, 11) is 0. The molecule has 0 saturated carbocycles. The highest BCUT2D eigenvalue weighted by atomic mass is 35.5. The Kier molecular flexibility index (Phi) is 6.35. The first-order valence-electron chi connectivity index (χ1n) is 5.05. The van der Waals surface area contributed by atoms with Crippen LogP contribution in [0.4, 0.5) is 4.79 Å². The third-order valence-electron chi connectivity index (χ3n) is 1.54. The molecule has 0 rings (SSSR count). The van der Waals surface area contributed by atoms with E-state index in [1.54, 1.807) is 33.8 Å². The molecule has 0 fully saturated rings. The van der Waals surface area contributed by atoms with E-state index in [2.05, 4.69) is 11.9 Å². The summed E-state index contributed by atoms with van der Waals surface area (Å²) in [6, 6.07) is 0. The molecular weight excluding hydrogens is 261 g/mol. The number of carbonyl (C=O) groups is 1. The monoisotopic (exact) mass is 277 g/mol. The number of allylic oxidation sites excluding steroid dienone is 4. The quantitative estimate of drug-likeness (QED) is 0.782. The lowest BCUT2D eigenvalue weighted by molar-refractivity contribution is 0.0547. The summed E-state index contributed by atoms with van der Waals surface area (Å²) in [5.74, 6) is 0. The summed E-state index contributed by atoms with van der Waals surface area (Å²) in [6.45, 7) is 10.5. The van der Waals surface area contributed by atoms with Crippen LogP contribution in [0.3, 0.4) is 0 Å². The van der Waals surface area contributed by atoms with Gasteiger partial charge >= 0.3 is 6.09 Å². The lowest BCUT2D eigenvalue weighted by atomic mass is 10.2. The summed E-state index contributed by atoms with van der Waals surface area (Å²) >= 11 is 11.8. The summed E-state index contributed by atoms with van der Waals surface area (Å²) in [5.41, 5.74) is -0.307. The average molecular weight is 278 g/mol. The Labute approximate surface area is 112 Å². The molecule has 1 amide bonds. The summed E-state index contributed by atoms with van der Waals surface area (Å²) in [4.78, 5) is 11.6. The van der Waals surface area contributed by atoms with Gasteiger partial charge in [-0.15, -0.1) is 0 Å². The van der Waals surface area contributed by atoms with Crippen LogP contribution < -0.4 is 5.32 Å². The lowest BCUT2D eigenvalue weighted by Crippen LogP contribution is -2.32. The zero-order valence-electron chi connectivity index (χ0n) is 10.4. The number of rotatable bonds is 3. The number of alkyl carbamates (subject to hydrolysis) is 1. The van der Waals surface area contributed by atoms with E-state index >= 15 is 0 Å². The van der Waals surface area contributed by atoms with Gasteiger partial charge < -0.3 is 4.74 Å². The van der Waals surface area contributed by atoms with Gasteiger partial charge in [0, 0.05) is 0 Å². The Morgan fingerprint density at radius 1 is 1.35 bits per heavy atom. The van der Waals surface area contributed by atoms with E-state index in [1.807, 2.05) is 0 Å². The van der Waals surface area contributed by atoms with Crippen LogP contribution in [-0.4, -0.2) is 11.7 Å². The molecule has 0 aromatic carbocycles. The fourth-order valence-corrected chi connectivity index (χ4v) is 1.23. The van der Waals surface area contributed by atoms with E-state index < -0.39 is 11.7 Å². The van der Waals surface area contributed by atoms with Gasteiger partial charge in [0.05, 0.1) is 15.8 Å². The molecule has 5 heteroatoms. The Hall–Kier alpha value is -0.930. The topological polar surface area (TPSA) is 38.3 Å². The second kappa shape index (κ2) is 6.72. The average Bonchev–Trinajstić information content (AvgIpc) is 2.21. The van der Waals surface area contributed by atoms with Crippen LogP contribution in [0.25, 0.3) is 0 Å². The van der Waals surface area contributed by atoms with Gasteiger partial charge in [0.1, 0.15) is 5.60 Å². The van der Waals surface area contributed by atoms with Crippen molar-refractivity contribution in [3.63, 3.8) is 0 Å². The maximum Gasteiger partial charge on any atom is 0.412 e. The molecule has 0 atom stereocenters. The zero-order chi connectivity index (χ0) is 13.6. The highest BCUT2D eigenvalue weighted by Crippen LogP contribution is 2.20. The van der Waals surface area contributed by atoms with Crippen LogP contribution in [0.2, 0.25) is 0 Å². The number of amides is 1. The van der Waals surface area contributed by atoms with Gasteiger partial charge in [-0.2, -0.15) is 0 Å². The Balaban J connectivity index is 4.93. The predicted molar refractivity (Wildman–Crippen MR) is 72.1 cm³/mol. The number of nitrogens with one attached hydrogen (secondary N) is 1. The summed E-state index contributed by atoms with van der Waals surface area (Å²) < 4.78 is 5.09. The third kappa shape index (κ3) is 6.39. The van der Waals surface area contributed by atoms with Gasteiger partial charge in [0.15, 0.2) is 0 Å². The summed E-state index contributed by atoms with van der Waals surface area (Å²) in [6.07, 6.45) is 2.38. The second-order valence-electron chi connectivity index (χ2n) is 4.19. The van der Waals surface area contributed by atoms with Crippen molar-refractivity contribution in [2.45, 2.75) is 33.3 Å². The SMILES string of the molecule is C=C/C(Cl)=C(NC(=O)OC(C)(C)C)\C(Cl)=C/C. The maximum absolute atomic E-state index is 11.6. The molecular formula is C12H17Cl2NO2. The number of carbonyl (C=O) groups excluding carboxylic acids is 1. The van der Waals surface area contributed by atoms with E-state index in [0.717, 1.165) is 0 Å². The van der Waals surface area contributed by atoms with Crippen molar-refractivity contribution in [3.05, 3.63) is 34.5 Å². The van der Waals surface area contributed by atoms with E-state index in [0.29, 0.717) is 5.03 Å². The molecule has 0 radical (unpaired) electrons. The minimum Gasteiger partial charge on any atom is -0.444 e. The fourth-order valence-electron chi connectivity index (χ4n) is 0.886. The molecule has 17 heavy (non-hydrogen) atoms.